The second-order valence-electron chi connectivity index (χ2n) is 4.56. The summed E-state index contributed by atoms with van der Waals surface area (Å²) in [6.07, 6.45) is 3.41. The molecule has 0 amide bonds. The zero-order chi connectivity index (χ0) is 12.9. The summed E-state index contributed by atoms with van der Waals surface area (Å²) in [6, 6.07) is 7.59. The highest BCUT2D eigenvalue weighted by molar-refractivity contribution is 7.89. The Morgan fingerprint density at radius 2 is 1.82 bits per heavy atom. The van der Waals surface area contributed by atoms with Crippen LogP contribution in [-0.4, -0.2) is 16.1 Å². The molecule has 1 aromatic rings. The van der Waals surface area contributed by atoms with Gasteiger partial charge in [-0.25, -0.2) is 0 Å². The average molecular weight is 252 g/mol. The van der Waals surface area contributed by atoms with Gasteiger partial charge in [0.05, 0.1) is 7.11 Å². The van der Waals surface area contributed by atoms with Crippen molar-refractivity contribution < 1.29 is 8.95 Å². The van der Waals surface area contributed by atoms with Gasteiger partial charge in [0.25, 0.3) is 0 Å². The summed E-state index contributed by atoms with van der Waals surface area (Å²) in [7, 11) is 0.428. The van der Waals surface area contributed by atoms with E-state index in [0.717, 1.165) is 11.3 Å². The predicted molar refractivity (Wildman–Crippen MR) is 73.3 cm³/mol. The summed E-state index contributed by atoms with van der Waals surface area (Å²) >= 11 is 0. The first-order valence-corrected chi connectivity index (χ1v) is 6.47. The Hall–Kier alpha value is -1.29. The molecule has 17 heavy (non-hydrogen) atoms. The van der Waals surface area contributed by atoms with Gasteiger partial charge in [-0.15, -0.1) is 0 Å². The van der Waals surface area contributed by atoms with Gasteiger partial charge < -0.3 is 9.46 Å². The summed E-state index contributed by atoms with van der Waals surface area (Å²) in [6.45, 7) is 5.69. The van der Waals surface area contributed by atoms with Crippen molar-refractivity contribution in [1.82, 2.24) is 0 Å². The van der Waals surface area contributed by atoms with E-state index in [1.54, 1.807) is 13.3 Å². The third kappa shape index (κ3) is 4.61. The fourth-order valence-corrected chi connectivity index (χ4v) is 1.53. The molecule has 1 atom stereocenters. The summed E-state index contributed by atoms with van der Waals surface area (Å²) in [5.41, 5.74) is 1.00. The van der Waals surface area contributed by atoms with Crippen molar-refractivity contribution in [3.8, 4) is 5.75 Å². The molecule has 0 spiro atoms. The topological polar surface area (TPSA) is 40.4 Å². The fourth-order valence-electron chi connectivity index (χ4n) is 1.04. The van der Waals surface area contributed by atoms with Gasteiger partial charge >= 0.3 is 0 Å². The fraction of sp³-hybridized carbons (Fsp3) is 0.385. The minimum absolute atomic E-state index is 0.315. The Labute approximate surface area is 105 Å². The van der Waals surface area contributed by atoms with E-state index in [-0.39, 0.29) is 4.75 Å². The molecule has 0 unspecified atom stereocenters. The number of benzene rings is 1. The first-order valence-electron chi connectivity index (χ1n) is 5.37. The van der Waals surface area contributed by atoms with Gasteiger partial charge in [0.15, 0.2) is 0 Å². The van der Waals surface area contributed by atoms with E-state index in [9.17, 15) is 4.21 Å². The highest BCUT2D eigenvalue weighted by atomic mass is 32.2. The molecular formula is C13H18NO2S-. The second-order valence-corrected chi connectivity index (χ2v) is 6.49. The number of nitrogens with zero attached hydrogens (tertiary/aromatic N) is 1. The molecule has 0 bridgehead atoms. The first-order chi connectivity index (χ1) is 7.93. The Bertz CT molecular complexity index is 404. The zero-order valence-corrected chi connectivity index (χ0v) is 11.5. The molecule has 0 aliphatic heterocycles. The molecule has 0 aliphatic carbocycles. The SMILES string of the molecule is COc1ccc(/C=C\[N-][S@](=O)C(C)(C)C)cc1. The van der Waals surface area contributed by atoms with E-state index in [2.05, 4.69) is 4.72 Å². The van der Waals surface area contributed by atoms with Crippen molar-refractivity contribution in [2.75, 3.05) is 7.11 Å². The first kappa shape index (κ1) is 13.8. The Morgan fingerprint density at radius 3 is 2.29 bits per heavy atom. The van der Waals surface area contributed by atoms with Crippen LogP contribution in [0.2, 0.25) is 0 Å². The molecule has 4 heteroatoms. The quantitative estimate of drug-likeness (QED) is 0.822. The number of hydrogen-bond acceptors (Lipinski definition) is 2. The van der Waals surface area contributed by atoms with Gasteiger partial charge in [0, 0.05) is 4.75 Å². The van der Waals surface area contributed by atoms with Crippen LogP contribution in [0.1, 0.15) is 26.3 Å². The van der Waals surface area contributed by atoms with Gasteiger partial charge in [-0.2, -0.15) is 6.20 Å². The largest absolute Gasteiger partial charge is 0.609 e. The van der Waals surface area contributed by atoms with Crippen LogP contribution in [-0.2, 0) is 11.0 Å². The molecule has 0 N–H and O–H groups in total. The molecule has 1 aromatic carbocycles. The number of rotatable bonds is 4. The van der Waals surface area contributed by atoms with Crippen LogP contribution in [0, 0.1) is 0 Å². The lowest BCUT2D eigenvalue weighted by Crippen LogP contribution is -2.19. The van der Waals surface area contributed by atoms with E-state index in [4.69, 9.17) is 4.74 Å². The minimum Gasteiger partial charge on any atom is -0.609 e. The van der Waals surface area contributed by atoms with E-state index in [1.165, 1.54) is 0 Å². The van der Waals surface area contributed by atoms with E-state index in [0.29, 0.717) is 0 Å². The highest BCUT2D eigenvalue weighted by Crippen LogP contribution is 2.18. The van der Waals surface area contributed by atoms with Crippen molar-refractivity contribution >= 4 is 17.1 Å². The molecule has 0 saturated heterocycles. The Kier molecular flexibility index (Phi) is 4.75. The number of hydrogen-bond donors (Lipinski definition) is 0. The van der Waals surface area contributed by atoms with Crippen LogP contribution in [0.25, 0.3) is 10.8 Å². The van der Waals surface area contributed by atoms with Gasteiger partial charge in [-0.05, 0) is 38.5 Å². The minimum atomic E-state index is -1.20. The molecule has 0 aliphatic rings. The molecule has 0 fully saturated rings. The maximum Gasteiger partial charge on any atom is 0.118 e. The summed E-state index contributed by atoms with van der Waals surface area (Å²) in [5.74, 6) is 0.817. The Morgan fingerprint density at radius 1 is 1.24 bits per heavy atom. The normalized spacial score (nSPS) is 13.6. The van der Waals surface area contributed by atoms with Crippen LogP contribution in [0.5, 0.6) is 5.75 Å². The molecule has 94 valence electrons. The predicted octanol–water partition coefficient (Wildman–Crippen LogP) is 3.50. The molecule has 1 rings (SSSR count). The number of ether oxygens (including phenoxy) is 1. The lowest BCUT2D eigenvalue weighted by atomic mass is 10.2. The van der Waals surface area contributed by atoms with Crippen LogP contribution in [0.15, 0.2) is 30.5 Å². The number of methoxy groups -OCH3 is 1. The van der Waals surface area contributed by atoms with Crippen LogP contribution < -0.4 is 4.74 Å². The lowest BCUT2D eigenvalue weighted by Gasteiger charge is -2.27. The summed E-state index contributed by atoms with van der Waals surface area (Å²) in [4.78, 5) is 0. The third-order valence-corrected chi connectivity index (χ3v) is 3.42. The zero-order valence-electron chi connectivity index (χ0n) is 10.6. The van der Waals surface area contributed by atoms with Crippen molar-refractivity contribution in [3.63, 3.8) is 0 Å². The van der Waals surface area contributed by atoms with Crippen molar-refractivity contribution in [2.45, 2.75) is 25.5 Å². The van der Waals surface area contributed by atoms with Crippen LogP contribution >= 0.6 is 0 Å². The smallest absolute Gasteiger partial charge is 0.118 e. The van der Waals surface area contributed by atoms with E-state index >= 15 is 0 Å². The van der Waals surface area contributed by atoms with Gasteiger partial charge in [-0.3, -0.25) is 4.21 Å². The molecule has 0 heterocycles. The van der Waals surface area contributed by atoms with Gasteiger partial charge in [0.2, 0.25) is 0 Å². The van der Waals surface area contributed by atoms with E-state index < -0.39 is 11.0 Å². The molecule has 3 nitrogen and oxygen atoms in total. The highest BCUT2D eigenvalue weighted by Gasteiger charge is 2.10. The lowest BCUT2D eigenvalue weighted by molar-refractivity contribution is 0.415. The monoisotopic (exact) mass is 252 g/mol. The average Bonchev–Trinajstić information content (AvgIpc) is 2.28. The van der Waals surface area contributed by atoms with Crippen LogP contribution in [0.4, 0.5) is 0 Å². The van der Waals surface area contributed by atoms with E-state index in [1.807, 2.05) is 51.1 Å². The van der Waals surface area contributed by atoms with Crippen molar-refractivity contribution in [3.05, 3.63) is 40.8 Å². The maximum atomic E-state index is 11.6. The van der Waals surface area contributed by atoms with Crippen molar-refractivity contribution in [2.24, 2.45) is 0 Å². The van der Waals surface area contributed by atoms with Crippen LogP contribution in [0.3, 0.4) is 0 Å². The standard InChI is InChI=1S/C13H18NO2S/c1-13(2,3)17(15)14-10-9-11-5-7-12(16-4)8-6-11/h5-10H,1-4H3/q-1/b10-9-/t17-/m1/s1. The summed E-state index contributed by atoms with van der Waals surface area (Å²) in [5, 5.41) is 0. The molecule has 0 aromatic heterocycles. The second kappa shape index (κ2) is 5.87. The van der Waals surface area contributed by atoms with Gasteiger partial charge in [-0.1, -0.05) is 29.2 Å². The maximum absolute atomic E-state index is 11.6. The molecule has 0 radical (unpaired) electrons. The summed E-state index contributed by atoms with van der Waals surface area (Å²) < 4.78 is 20.4. The molecular weight excluding hydrogens is 234 g/mol. The Balaban J connectivity index is 2.56. The van der Waals surface area contributed by atoms with Crippen molar-refractivity contribution in [1.29, 1.82) is 0 Å². The molecule has 0 saturated carbocycles. The van der Waals surface area contributed by atoms with Gasteiger partial charge in [0.1, 0.15) is 5.75 Å². The third-order valence-electron chi connectivity index (χ3n) is 2.06.